The van der Waals surface area contributed by atoms with E-state index in [0.717, 1.165) is 27.6 Å². The minimum Gasteiger partial charge on any atom is -0.484 e. The van der Waals surface area contributed by atoms with Gasteiger partial charge in [-0.1, -0.05) is 11.6 Å². The molecule has 1 aromatic heterocycles. The molecule has 4 heteroatoms. The van der Waals surface area contributed by atoms with Gasteiger partial charge in [0.15, 0.2) is 0 Å². The van der Waals surface area contributed by atoms with Crippen molar-refractivity contribution in [2.24, 2.45) is 0 Å². The van der Waals surface area contributed by atoms with Gasteiger partial charge in [0.05, 0.1) is 16.8 Å². The zero-order valence-corrected chi connectivity index (χ0v) is 11.2. The Labute approximate surface area is 110 Å². The van der Waals surface area contributed by atoms with Crippen molar-refractivity contribution in [3.63, 3.8) is 0 Å². The smallest absolute Gasteiger partial charge is 0.144 e. The molecule has 0 amide bonds. The number of benzene rings is 1. The molecule has 0 saturated heterocycles. The Bertz CT molecular complexity index is 579. The number of fused-ring (bicyclic) bond motifs is 1. The summed E-state index contributed by atoms with van der Waals surface area (Å²) >= 11 is 1.61. The molecule has 1 N–H and O–H groups in total. The summed E-state index contributed by atoms with van der Waals surface area (Å²) in [5.41, 5.74) is 2.94. The molecular weight excluding hydrogens is 246 g/mol. The fourth-order valence-corrected chi connectivity index (χ4v) is 2.93. The van der Waals surface area contributed by atoms with Crippen LogP contribution >= 0.6 is 11.3 Å². The monoisotopic (exact) mass is 261 g/mol. The quantitative estimate of drug-likeness (QED) is 0.856. The number of hydrogen-bond donors (Lipinski definition) is 1. The summed E-state index contributed by atoms with van der Waals surface area (Å²) in [4.78, 5) is 4.44. The molecule has 0 saturated carbocycles. The standard InChI is InChI=1S/C14H15NO2S/c1-8-3-4-13-10(5-8)12(16)6-14(17-13)11-7-18-9(2)15-11/h3-5,7,12,14,16H,6H2,1-2H3/t12-,14?/m1/s1. The van der Waals surface area contributed by atoms with Crippen LogP contribution in [0.15, 0.2) is 23.6 Å². The fourth-order valence-electron chi connectivity index (χ4n) is 2.28. The number of aliphatic hydroxyl groups is 1. The van der Waals surface area contributed by atoms with E-state index >= 15 is 0 Å². The first-order chi connectivity index (χ1) is 8.63. The Morgan fingerprint density at radius 3 is 2.94 bits per heavy atom. The summed E-state index contributed by atoms with van der Waals surface area (Å²) in [7, 11) is 0. The second-order valence-electron chi connectivity index (χ2n) is 4.69. The molecule has 1 aromatic carbocycles. The van der Waals surface area contributed by atoms with Crippen LogP contribution in [0.2, 0.25) is 0 Å². The second kappa shape index (κ2) is 4.37. The van der Waals surface area contributed by atoms with Crippen molar-refractivity contribution in [3.8, 4) is 5.75 Å². The molecule has 0 aliphatic carbocycles. The van der Waals surface area contributed by atoms with Crippen molar-refractivity contribution in [2.75, 3.05) is 0 Å². The zero-order chi connectivity index (χ0) is 12.7. The van der Waals surface area contributed by atoms with Gasteiger partial charge in [-0.15, -0.1) is 11.3 Å². The molecule has 1 aliphatic rings. The molecule has 3 nitrogen and oxygen atoms in total. The molecule has 2 aromatic rings. The van der Waals surface area contributed by atoms with Crippen LogP contribution in [-0.4, -0.2) is 10.1 Å². The van der Waals surface area contributed by atoms with Gasteiger partial charge in [0.1, 0.15) is 11.9 Å². The van der Waals surface area contributed by atoms with Crippen LogP contribution < -0.4 is 4.74 Å². The van der Waals surface area contributed by atoms with E-state index in [-0.39, 0.29) is 6.10 Å². The highest BCUT2D eigenvalue weighted by Crippen LogP contribution is 2.41. The summed E-state index contributed by atoms with van der Waals surface area (Å²) in [6, 6.07) is 5.92. The minimum absolute atomic E-state index is 0.139. The van der Waals surface area contributed by atoms with E-state index in [0.29, 0.717) is 6.42 Å². The lowest BCUT2D eigenvalue weighted by molar-refractivity contribution is 0.0638. The van der Waals surface area contributed by atoms with Gasteiger partial charge < -0.3 is 9.84 Å². The Kier molecular flexibility index (Phi) is 2.84. The third kappa shape index (κ3) is 2.02. The molecule has 3 rings (SSSR count). The molecular formula is C14H15NO2S. The number of rotatable bonds is 1. The van der Waals surface area contributed by atoms with Gasteiger partial charge in [0, 0.05) is 17.4 Å². The Balaban J connectivity index is 1.94. The lowest BCUT2D eigenvalue weighted by Crippen LogP contribution is -2.19. The second-order valence-corrected chi connectivity index (χ2v) is 5.75. The van der Waals surface area contributed by atoms with Gasteiger partial charge in [0.2, 0.25) is 0 Å². The highest BCUT2D eigenvalue weighted by molar-refractivity contribution is 7.09. The summed E-state index contributed by atoms with van der Waals surface area (Å²) in [5.74, 6) is 0.773. The predicted molar refractivity (Wildman–Crippen MR) is 71.0 cm³/mol. The first-order valence-electron chi connectivity index (χ1n) is 6.01. The topological polar surface area (TPSA) is 42.4 Å². The van der Waals surface area contributed by atoms with Crippen molar-refractivity contribution >= 4 is 11.3 Å². The maximum atomic E-state index is 10.2. The molecule has 0 radical (unpaired) electrons. The van der Waals surface area contributed by atoms with E-state index < -0.39 is 6.10 Å². The van der Waals surface area contributed by atoms with Crippen LogP contribution in [-0.2, 0) is 0 Å². The van der Waals surface area contributed by atoms with E-state index in [1.807, 2.05) is 37.4 Å². The molecule has 1 unspecified atom stereocenters. The van der Waals surface area contributed by atoms with Crippen molar-refractivity contribution < 1.29 is 9.84 Å². The third-order valence-corrected chi connectivity index (χ3v) is 3.99. The zero-order valence-electron chi connectivity index (χ0n) is 10.4. The van der Waals surface area contributed by atoms with Crippen LogP contribution in [0.4, 0.5) is 0 Å². The minimum atomic E-state index is -0.472. The first kappa shape index (κ1) is 11.7. The summed E-state index contributed by atoms with van der Waals surface area (Å²) in [6.45, 7) is 3.99. The van der Waals surface area contributed by atoms with Crippen molar-refractivity contribution in [1.29, 1.82) is 0 Å². The van der Waals surface area contributed by atoms with E-state index in [2.05, 4.69) is 4.98 Å². The number of hydrogen-bond acceptors (Lipinski definition) is 4. The number of thiazole rings is 1. The van der Waals surface area contributed by atoms with Gasteiger partial charge in [-0.05, 0) is 26.0 Å². The van der Waals surface area contributed by atoms with Gasteiger partial charge in [0.25, 0.3) is 0 Å². The van der Waals surface area contributed by atoms with Crippen molar-refractivity contribution in [2.45, 2.75) is 32.5 Å². The molecule has 2 atom stereocenters. The van der Waals surface area contributed by atoms with E-state index in [9.17, 15) is 5.11 Å². The molecule has 0 bridgehead atoms. The molecule has 0 fully saturated rings. The maximum absolute atomic E-state index is 10.2. The molecule has 2 heterocycles. The number of aromatic nitrogens is 1. The third-order valence-electron chi connectivity index (χ3n) is 3.20. The molecule has 0 spiro atoms. The van der Waals surface area contributed by atoms with Crippen LogP contribution in [0.25, 0.3) is 0 Å². The van der Waals surface area contributed by atoms with Crippen molar-refractivity contribution in [1.82, 2.24) is 4.98 Å². The largest absolute Gasteiger partial charge is 0.484 e. The summed E-state index contributed by atoms with van der Waals surface area (Å²) in [5, 5.41) is 13.3. The highest BCUT2D eigenvalue weighted by Gasteiger charge is 2.29. The maximum Gasteiger partial charge on any atom is 0.144 e. The summed E-state index contributed by atoms with van der Waals surface area (Å²) in [6.07, 6.45) is -0.0413. The van der Waals surface area contributed by atoms with Crippen molar-refractivity contribution in [3.05, 3.63) is 45.4 Å². The Morgan fingerprint density at radius 1 is 1.39 bits per heavy atom. The normalized spacial score (nSPS) is 22.4. The van der Waals surface area contributed by atoms with Gasteiger partial charge in [-0.2, -0.15) is 0 Å². The SMILES string of the molecule is Cc1ccc2c(c1)[C@H](O)CC(c1csc(C)n1)O2. The number of aliphatic hydroxyl groups excluding tert-OH is 1. The lowest BCUT2D eigenvalue weighted by atomic mass is 9.96. The molecule has 1 aliphatic heterocycles. The highest BCUT2D eigenvalue weighted by atomic mass is 32.1. The Hall–Kier alpha value is -1.39. The number of ether oxygens (including phenoxy) is 1. The number of aryl methyl sites for hydroxylation is 2. The van der Waals surface area contributed by atoms with E-state index in [1.165, 1.54) is 0 Å². The number of nitrogens with zero attached hydrogens (tertiary/aromatic N) is 1. The average Bonchev–Trinajstić information content (AvgIpc) is 2.77. The summed E-state index contributed by atoms with van der Waals surface area (Å²) < 4.78 is 5.94. The van der Waals surface area contributed by atoms with Crippen LogP contribution in [0.5, 0.6) is 5.75 Å². The van der Waals surface area contributed by atoms with Crippen LogP contribution in [0.3, 0.4) is 0 Å². The van der Waals surface area contributed by atoms with Gasteiger partial charge in [-0.25, -0.2) is 4.98 Å². The predicted octanol–water partition coefficient (Wildman–Crippen LogP) is 3.32. The van der Waals surface area contributed by atoms with E-state index in [1.54, 1.807) is 11.3 Å². The molecule has 94 valence electrons. The van der Waals surface area contributed by atoms with Gasteiger partial charge in [-0.3, -0.25) is 0 Å². The van der Waals surface area contributed by atoms with E-state index in [4.69, 9.17) is 4.74 Å². The van der Waals surface area contributed by atoms with Crippen LogP contribution in [0.1, 0.15) is 40.5 Å². The molecule has 18 heavy (non-hydrogen) atoms. The van der Waals surface area contributed by atoms with Crippen LogP contribution in [0, 0.1) is 13.8 Å². The average molecular weight is 261 g/mol. The first-order valence-corrected chi connectivity index (χ1v) is 6.89. The Morgan fingerprint density at radius 2 is 2.22 bits per heavy atom. The lowest BCUT2D eigenvalue weighted by Gasteiger charge is -2.29. The fraction of sp³-hybridized carbons (Fsp3) is 0.357. The van der Waals surface area contributed by atoms with Gasteiger partial charge >= 0.3 is 0 Å².